The Kier molecular flexibility index (Phi) is 6.15. The molecule has 4 aromatic rings. The van der Waals surface area contributed by atoms with Gasteiger partial charge in [-0.2, -0.15) is 0 Å². The minimum Gasteiger partial charge on any atom is -0.496 e. The molecule has 0 aliphatic rings. The number of carboxylic acids is 1. The molecule has 0 aromatic heterocycles. The van der Waals surface area contributed by atoms with Gasteiger partial charge in [-0.25, -0.2) is 4.79 Å². The molecule has 0 bridgehead atoms. The number of carbonyl (C=O) groups is 1. The largest absolute Gasteiger partial charge is 0.496 e. The molecule has 0 fully saturated rings. The van der Waals surface area contributed by atoms with Gasteiger partial charge in [0, 0.05) is 6.07 Å². The molecule has 2 N–H and O–H groups in total. The summed E-state index contributed by atoms with van der Waals surface area (Å²) in [5.74, 6) is -0.872. The maximum Gasteiger partial charge on any atom is 0.339 e. The van der Waals surface area contributed by atoms with Gasteiger partial charge >= 0.3 is 5.97 Å². The first kappa shape index (κ1) is 21.5. The van der Waals surface area contributed by atoms with Crippen molar-refractivity contribution < 1.29 is 14.6 Å². The van der Waals surface area contributed by atoms with Gasteiger partial charge in [0.2, 0.25) is 0 Å². The van der Waals surface area contributed by atoms with Crippen molar-refractivity contribution in [2.75, 3.05) is 12.4 Å². The molecular formula is C27H22ClNO3. The van der Waals surface area contributed by atoms with Gasteiger partial charge in [0.1, 0.15) is 16.9 Å². The Morgan fingerprint density at radius 2 is 1.25 bits per heavy atom. The number of ether oxygens (including phenoxy) is 1. The minimum absolute atomic E-state index is 0.00721. The van der Waals surface area contributed by atoms with E-state index in [2.05, 4.69) is 41.7 Å². The van der Waals surface area contributed by atoms with Crippen LogP contribution in [0.1, 0.15) is 27.0 Å². The van der Waals surface area contributed by atoms with Crippen LogP contribution in [0.5, 0.6) is 5.75 Å². The Morgan fingerprint density at radius 1 is 0.812 bits per heavy atom. The summed E-state index contributed by atoms with van der Waals surface area (Å²) in [5.41, 5.74) is 2.81. The highest BCUT2D eigenvalue weighted by atomic mass is 35.5. The van der Waals surface area contributed by atoms with Crippen LogP contribution >= 0.6 is 11.6 Å². The summed E-state index contributed by atoms with van der Waals surface area (Å²) in [6.45, 7) is 0. The molecule has 0 unspecified atom stereocenters. The van der Waals surface area contributed by atoms with Crippen molar-refractivity contribution in [1.82, 2.24) is 0 Å². The minimum atomic E-state index is -1.10. The van der Waals surface area contributed by atoms with E-state index in [1.807, 2.05) is 54.6 Å². The monoisotopic (exact) mass is 443 g/mol. The molecule has 0 amide bonds. The van der Waals surface area contributed by atoms with Gasteiger partial charge in [0.05, 0.1) is 17.8 Å². The molecule has 5 heteroatoms. The Hall–Kier alpha value is -3.76. The lowest BCUT2D eigenvalue weighted by molar-refractivity contribution is 0.0693. The van der Waals surface area contributed by atoms with Gasteiger partial charge < -0.3 is 15.2 Å². The number of anilines is 1. The molecule has 160 valence electrons. The molecule has 4 nitrogen and oxygen atoms in total. The van der Waals surface area contributed by atoms with Crippen LogP contribution in [-0.2, 0) is 5.54 Å². The average Bonchev–Trinajstić information content (AvgIpc) is 2.84. The summed E-state index contributed by atoms with van der Waals surface area (Å²) < 4.78 is 5.35. The van der Waals surface area contributed by atoms with Crippen molar-refractivity contribution in [2.24, 2.45) is 0 Å². The van der Waals surface area contributed by atoms with Crippen molar-refractivity contribution >= 4 is 23.3 Å². The molecule has 0 saturated heterocycles. The van der Waals surface area contributed by atoms with E-state index in [1.54, 1.807) is 6.07 Å². The first-order chi connectivity index (χ1) is 15.6. The molecule has 4 rings (SSSR count). The van der Waals surface area contributed by atoms with Gasteiger partial charge in [-0.05, 0) is 22.8 Å². The highest BCUT2D eigenvalue weighted by molar-refractivity contribution is 6.33. The van der Waals surface area contributed by atoms with Crippen molar-refractivity contribution in [2.45, 2.75) is 5.54 Å². The van der Waals surface area contributed by atoms with Crippen LogP contribution in [0.25, 0.3) is 0 Å². The number of hydrogen-bond acceptors (Lipinski definition) is 3. The predicted molar refractivity (Wildman–Crippen MR) is 128 cm³/mol. The lowest BCUT2D eigenvalue weighted by Crippen LogP contribution is -2.38. The number of hydrogen-bond donors (Lipinski definition) is 2. The van der Waals surface area contributed by atoms with E-state index in [0.29, 0.717) is 5.69 Å². The Morgan fingerprint density at radius 3 is 1.62 bits per heavy atom. The van der Waals surface area contributed by atoms with E-state index in [0.717, 1.165) is 16.7 Å². The van der Waals surface area contributed by atoms with E-state index in [1.165, 1.54) is 13.2 Å². The first-order valence-corrected chi connectivity index (χ1v) is 10.5. The summed E-state index contributed by atoms with van der Waals surface area (Å²) in [7, 11) is 1.44. The SMILES string of the molecule is COc1cc(NC(c2ccccc2)(c2ccccc2)c2ccccc2)c(Cl)cc1C(=O)O. The van der Waals surface area contributed by atoms with Crippen LogP contribution in [0.3, 0.4) is 0 Å². The molecule has 0 atom stereocenters. The number of aromatic carboxylic acids is 1. The maximum atomic E-state index is 11.6. The second-order valence-corrected chi connectivity index (χ2v) is 7.72. The van der Waals surface area contributed by atoms with Crippen LogP contribution in [0.15, 0.2) is 103 Å². The zero-order valence-corrected chi connectivity index (χ0v) is 18.2. The van der Waals surface area contributed by atoms with Gasteiger partial charge in [0.25, 0.3) is 0 Å². The third-order valence-electron chi connectivity index (χ3n) is 5.46. The molecule has 0 radical (unpaired) electrons. The quantitative estimate of drug-likeness (QED) is 0.322. The summed E-state index contributed by atoms with van der Waals surface area (Å²) in [4.78, 5) is 11.6. The van der Waals surface area contributed by atoms with Gasteiger partial charge in [-0.1, -0.05) is 103 Å². The topological polar surface area (TPSA) is 58.6 Å². The Bertz CT molecular complexity index is 1120. The summed E-state index contributed by atoms with van der Waals surface area (Å²) in [5, 5.41) is 13.5. The van der Waals surface area contributed by atoms with E-state index >= 15 is 0 Å². The second-order valence-electron chi connectivity index (χ2n) is 7.31. The van der Waals surface area contributed by atoms with Crippen molar-refractivity contribution in [1.29, 1.82) is 0 Å². The van der Waals surface area contributed by atoms with E-state index in [-0.39, 0.29) is 16.3 Å². The van der Waals surface area contributed by atoms with Crippen LogP contribution in [0, 0.1) is 0 Å². The number of methoxy groups -OCH3 is 1. The molecular weight excluding hydrogens is 422 g/mol. The zero-order valence-electron chi connectivity index (χ0n) is 17.5. The fourth-order valence-electron chi connectivity index (χ4n) is 3.97. The molecule has 0 saturated carbocycles. The van der Waals surface area contributed by atoms with Gasteiger partial charge in [-0.15, -0.1) is 0 Å². The molecule has 0 aliphatic carbocycles. The molecule has 4 aromatic carbocycles. The van der Waals surface area contributed by atoms with Crippen LogP contribution in [-0.4, -0.2) is 18.2 Å². The number of benzene rings is 4. The van der Waals surface area contributed by atoms with Gasteiger partial charge in [0.15, 0.2) is 0 Å². The second kappa shape index (κ2) is 9.16. The van der Waals surface area contributed by atoms with Crippen LogP contribution in [0.4, 0.5) is 5.69 Å². The highest BCUT2D eigenvalue weighted by Crippen LogP contribution is 2.42. The fourth-order valence-corrected chi connectivity index (χ4v) is 4.18. The highest BCUT2D eigenvalue weighted by Gasteiger charge is 2.37. The standard InChI is InChI=1S/C27H22ClNO3/c1-32-25-18-24(23(28)17-22(25)26(30)31)29-27(19-11-5-2-6-12-19,20-13-7-3-8-14-20)21-15-9-4-10-16-21/h2-18,29H,1H3,(H,30,31). The normalized spacial score (nSPS) is 11.1. The van der Waals surface area contributed by atoms with Crippen molar-refractivity contribution in [3.63, 3.8) is 0 Å². The third kappa shape index (κ3) is 3.93. The Labute approximate surface area is 192 Å². The lowest BCUT2D eigenvalue weighted by atomic mass is 9.76. The number of halogens is 1. The third-order valence-corrected chi connectivity index (χ3v) is 5.77. The lowest BCUT2D eigenvalue weighted by Gasteiger charge is -2.38. The Balaban J connectivity index is 2.00. The molecule has 0 spiro atoms. The first-order valence-electron chi connectivity index (χ1n) is 10.1. The van der Waals surface area contributed by atoms with Crippen molar-refractivity contribution in [3.05, 3.63) is 130 Å². The predicted octanol–water partition coefficient (Wildman–Crippen LogP) is 6.45. The number of carboxylic acid groups (broad SMARTS) is 1. The summed E-state index contributed by atoms with van der Waals surface area (Å²) in [6, 6.07) is 33.3. The molecule has 32 heavy (non-hydrogen) atoms. The zero-order chi connectivity index (χ0) is 22.6. The smallest absolute Gasteiger partial charge is 0.339 e. The van der Waals surface area contributed by atoms with E-state index in [9.17, 15) is 9.90 Å². The summed E-state index contributed by atoms with van der Waals surface area (Å²) >= 11 is 6.59. The molecule has 0 heterocycles. The molecule has 0 aliphatic heterocycles. The fraction of sp³-hybridized carbons (Fsp3) is 0.0741. The average molecular weight is 444 g/mol. The number of rotatable bonds is 7. The van der Waals surface area contributed by atoms with Crippen LogP contribution in [0.2, 0.25) is 5.02 Å². The van der Waals surface area contributed by atoms with E-state index < -0.39 is 11.5 Å². The van der Waals surface area contributed by atoms with E-state index in [4.69, 9.17) is 16.3 Å². The summed E-state index contributed by atoms with van der Waals surface area (Å²) in [6.07, 6.45) is 0. The van der Waals surface area contributed by atoms with Gasteiger partial charge in [-0.3, -0.25) is 0 Å². The van der Waals surface area contributed by atoms with Crippen LogP contribution < -0.4 is 10.1 Å². The number of nitrogens with one attached hydrogen (secondary N) is 1. The maximum absolute atomic E-state index is 11.6. The van der Waals surface area contributed by atoms with Crippen molar-refractivity contribution in [3.8, 4) is 5.75 Å².